The van der Waals surface area contributed by atoms with Gasteiger partial charge in [-0.3, -0.25) is 14.6 Å². The molecule has 6 nitrogen and oxygen atoms in total. The van der Waals surface area contributed by atoms with Crippen molar-refractivity contribution in [1.82, 2.24) is 9.97 Å². The fraction of sp³-hybridized carbons (Fsp3) is 0.389. The van der Waals surface area contributed by atoms with Gasteiger partial charge in [-0.2, -0.15) is 4.98 Å². The highest BCUT2D eigenvalue weighted by molar-refractivity contribution is 7.12. The maximum absolute atomic E-state index is 13.0. The van der Waals surface area contributed by atoms with Crippen molar-refractivity contribution in [3.8, 4) is 0 Å². The molecule has 130 valence electrons. The first kappa shape index (κ1) is 16.1. The van der Waals surface area contributed by atoms with E-state index in [9.17, 15) is 9.59 Å². The van der Waals surface area contributed by atoms with Crippen LogP contribution in [0.5, 0.6) is 0 Å². The molecule has 1 aliphatic carbocycles. The lowest BCUT2D eigenvalue weighted by molar-refractivity contribution is -0.118. The highest BCUT2D eigenvalue weighted by Crippen LogP contribution is 2.48. The summed E-state index contributed by atoms with van der Waals surface area (Å²) in [4.78, 5) is 34.6. The molecule has 2 aliphatic rings. The summed E-state index contributed by atoms with van der Waals surface area (Å²) in [5.41, 5.74) is 7.35. The minimum Gasteiger partial charge on any atom is -0.369 e. The van der Waals surface area contributed by atoms with Crippen LogP contribution in [0.1, 0.15) is 47.9 Å². The van der Waals surface area contributed by atoms with E-state index >= 15 is 0 Å². The zero-order valence-electron chi connectivity index (χ0n) is 14.4. The largest absolute Gasteiger partial charge is 0.369 e. The number of thiophene rings is 1. The fourth-order valence-electron chi connectivity index (χ4n) is 3.82. The van der Waals surface area contributed by atoms with Gasteiger partial charge in [0.15, 0.2) is 5.78 Å². The van der Waals surface area contributed by atoms with Crippen molar-refractivity contribution in [1.29, 1.82) is 0 Å². The third kappa shape index (κ3) is 2.59. The number of nitrogen functional groups attached to an aromatic ring is 1. The molecule has 0 unspecified atom stereocenters. The number of carbonyl (C=O) groups excluding carboxylic acids is 1. The van der Waals surface area contributed by atoms with Gasteiger partial charge in [0.2, 0.25) is 5.95 Å². The van der Waals surface area contributed by atoms with Gasteiger partial charge < -0.3 is 11.1 Å². The fourth-order valence-corrected chi connectivity index (χ4v) is 4.82. The predicted molar refractivity (Wildman–Crippen MR) is 98.8 cm³/mol. The maximum atomic E-state index is 13.0. The molecule has 1 atom stereocenters. The average Bonchev–Trinajstić information content (AvgIpc) is 2.89. The van der Waals surface area contributed by atoms with Crippen LogP contribution in [-0.2, 0) is 4.79 Å². The zero-order valence-corrected chi connectivity index (χ0v) is 15.2. The van der Waals surface area contributed by atoms with Crippen LogP contribution < -0.4 is 16.6 Å². The molecule has 7 heteroatoms. The van der Waals surface area contributed by atoms with Crippen molar-refractivity contribution in [3.05, 3.63) is 49.1 Å². The van der Waals surface area contributed by atoms with Crippen LogP contribution in [0, 0.1) is 12.3 Å². The van der Waals surface area contributed by atoms with Gasteiger partial charge in [0.05, 0.1) is 11.5 Å². The van der Waals surface area contributed by atoms with E-state index in [0.29, 0.717) is 23.4 Å². The number of hydrogen-bond donors (Lipinski definition) is 3. The molecule has 0 radical (unpaired) electrons. The lowest BCUT2D eigenvalue weighted by atomic mass is 9.70. The second-order valence-electron chi connectivity index (χ2n) is 7.55. The molecule has 0 saturated carbocycles. The lowest BCUT2D eigenvalue weighted by Crippen LogP contribution is -2.36. The van der Waals surface area contributed by atoms with Gasteiger partial charge in [0.25, 0.3) is 5.56 Å². The number of aryl methyl sites for hydroxylation is 1. The van der Waals surface area contributed by atoms with Crippen LogP contribution in [0.2, 0.25) is 0 Å². The standard InChI is InChI=1S/C18H20N4O2S/c1-8-4-5-11(25-8)13-12-9(6-18(2,3)7-10(12)23)20-15-14(13)16(24)22-17(19)21-15/h4-5,13H,6-7H2,1-3H3,(H4,19,20,21,22,24)/t13-/m1/s1. The van der Waals surface area contributed by atoms with Crippen molar-refractivity contribution >= 4 is 28.9 Å². The highest BCUT2D eigenvalue weighted by Gasteiger charge is 2.42. The zero-order chi connectivity index (χ0) is 17.9. The van der Waals surface area contributed by atoms with E-state index in [1.807, 2.05) is 19.1 Å². The van der Waals surface area contributed by atoms with Gasteiger partial charge in [0, 0.05) is 27.4 Å². The van der Waals surface area contributed by atoms with E-state index in [4.69, 9.17) is 5.73 Å². The minimum absolute atomic E-state index is 0.0720. The molecule has 4 rings (SSSR count). The average molecular weight is 356 g/mol. The Balaban J connectivity index is 1.99. The SMILES string of the molecule is Cc1ccc([C@@H]2C3=C(CC(C)(C)CC3=O)Nc3nc(N)[nH]c(=O)c32)s1. The Morgan fingerprint density at radius 2 is 2.04 bits per heavy atom. The van der Waals surface area contributed by atoms with Crippen molar-refractivity contribution < 1.29 is 4.79 Å². The normalized spacial score (nSPS) is 21.6. The Hall–Kier alpha value is -2.41. The van der Waals surface area contributed by atoms with E-state index in [1.54, 1.807) is 11.3 Å². The number of rotatable bonds is 1. The number of Topliss-reactive ketones (excluding diaryl/α,β-unsaturated/α-hetero) is 1. The topological polar surface area (TPSA) is 101 Å². The van der Waals surface area contributed by atoms with Gasteiger partial charge in [-0.25, -0.2) is 0 Å². The molecule has 0 bridgehead atoms. The Kier molecular flexibility index (Phi) is 3.40. The molecule has 0 aromatic carbocycles. The van der Waals surface area contributed by atoms with Crippen molar-refractivity contribution in [2.75, 3.05) is 11.1 Å². The summed E-state index contributed by atoms with van der Waals surface area (Å²) >= 11 is 1.60. The number of aromatic amines is 1. The minimum atomic E-state index is -0.384. The summed E-state index contributed by atoms with van der Waals surface area (Å²) in [5, 5.41) is 3.23. The molecule has 25 heavy (non-hydrogen) atoms. The number of nitrogens with zero attached hydrogens (tertiary/aromatic N) is 1. The van der Waals surface area contributed by atoms with E-state index in [2.05, 4.69) is 29.1 Å². The Bertz CT molecular complexity index is 983. The van der Waals surface area contributed by atoms with Crippen LogP contribution >= 0.6 is 11.3 Å². The molecule has 0 fully saturated rings. The van der Waals surface area contributed by atoms with E-state index in [1.165, 1.54) is 0 Å². The second-order valence-corrected chi connectivity index (χ2v) is 8.87. The third-order valence-corrected chi connectivity index (χ3v) is 5.85. The number of hydrogen-bond acceptors (Lipinski definition) is 6. The van der Waals surface area contributed by atoms with Crippen molar-refractivity contribution in [2.45, 2.75) is 39.5 Å². The molecule has 3 heterocycles. The first-order valence-corrected chi connectivity index (χ1v) is 9.06. The number of fused-ring (bicyclic) bond motifs is 1. The molecule has 0 spiro atoms. The van der Waals surface area contributed by atoms with Crippen molar-refractivity contribution in [3.63, 3.8) is 0 Å². The highest BCUT2D eigenvalue weighted by atomic mass is 32.1. The van der Waals surface area contributed by atoms with Crippen LogP contribution in [0.3, 0.4) is 0 Å². The second kappa shape index (κ2) is 5.29. The number of nitrogens with one attached hydrogen (secondary N) is 2. The van der Waals surface area contributed by atoms with E-state index in [0.717, 1.165) is 21.9 Å². The summed E-state index contributed by atoms with van der Waals surface area (Å²) in [6, 6.07) is 4.01. The molecular weight excluding hydrogens is 336 g/mol. The number of carbonyl (C=O) groups is 1. The first-order chi connectivity index (χ1) is 11.7. The molecule has 0 amide bonds. The van der Waals surface area contributed by atoms with Gasteiger partial charge in [-0.15, -0.1) is 11.3 Å². The number of nitrogens with two attached hydrogens (primary N) is 1. The summed E-state index contributed by atoms with van der Waals surface area (Å²) < 4.78 is 0. The summed E-state index contributed by atoms with van der Waals surface area (Å²) in [6.45, 7) is 6.17. The smallest absolute Gasteiger partial charge is 0.258 e. The molecule has 0 saturated heterocycles. The molecule has 1 aliphatic heterocycles. The molecular formula is C18H20N4O2S. The first-order valence-electron chi connectivity index (χ1n) is 8.24. The quantitative estimate of drug-likeness (QED) is 0.729. The predicted octanol–water partition coefficient (Wildman–Crippen LogP) is 2.92. The van der Waals surface area contributed by atoms with Crippen LogP contribution in [0.15, 0.2) is 28.2 Å². The van der Waals surface area contributed by atoms with Gasteiger partial charge in [-0.1, -0.05) is 13.8 Å². The Labute approximate surface area is 149 Å². The number of aromatic nitrogens is 2. The summed E-state index contributed by atoms with van der Waals surface area (Å²) in [6.07, 6.45) is 1.22. The van der Waals surface area contributed by atoms with Crippen LogP contribution in [0.25, 0.3) is 0 Å². The molecule has 2 aromatic heterocycles. The van der Waals surface area contributed by atoms with E-state index < -0.39 is 0 Å². The van der Waals surface area contributed by atoms with Crippen molar-refractivity contribution in [2.24, 2.45) is 5.41 Å². The van der Waals surface area contributed by atoms with Gasteiger partial charge >= 0.3 is 0 Å². The monoisotopic (exact) mass is 356 g/mol. The summed E-state index contributed by atoms with van der Waals surface area (Å²) in [7, 11) is 0. The number of allylic oxidation sites excluding steroid dienone is 2. The lowest BCUT2D eigenvalue weighted by Gasteiger charge is -2.38. The van der Waals surface area contributed by atoms with E-state index in [-0.39, 0.29) is 28.6 Å². The number of H-pyrrole nitrogens is 1. The number of ketones is 1. The Morgan fingerprint density at radius 3 is 2.72 bits per heavy atom. The third-order valence-electron chi connectivity index (χ3n) is 4.79. The van der Waals surface area contributed by atoms with Crippen LogP contribution in [-0.4, -0.2) is 15.8 Å². The van der Waals surface area contributed by atoms with Gasteiger partial charge in [-0.05, 0) is 30.9 Å². The summed E-state index contributed by atoms with van der Waals surface area (Å²) in [5.74, 6) is 0.242. The van der Waals surface area contributed by atoms with Crippen LogP contribution in [0.4, 0.5) is 11.8 Å². The Morgan fingerprint density at radius 1 is 1.28 bits per heavy atom. The molecule has 4 N–H and O–H groups in total. The maximum Gasteiger partial charge on any atom is 0.258 e. The number of anilines is 2. The van der Waals surface area contributed by atoms with Gasteiger partial charge in [0.1, 0.15) is 5.82 Å². The molecule has 2 aromatic rings.